The van der Waals surface area contributed by atoms with E-state index in [2.05, 4.69) is 5.32 Å². The molecule has 7 rings (SSSR count). The predicted octanol–water partition coefficient (Wildman–Crippen LogP) is 3.68. The van der Waals surface area contributed by atoms with E-state index in [1.54, 1.807) is 48.2 Å². The maximum atomic E-state index is 14.3. The van der Waals surface area contributed by atoms with Crippen LogP contribution in [-0.4, -0.2) is 44.3 Å². The zero-order valence-electron chi connectivity index (χ0n) is 19.5. The maximum Gasteiger partial charge on any atom is 0.325 e. The van der Waals surface area contributed by atoms with Crippen LogP contribution in [0.2, 0.25) is 0 Å². The molecule has 190 valence electrons. The number of nitrogens with zero attached hydrogens (tertiary/aromatic N) is 3. The van der Waals surface area contributed by atoms with Gasteiger partial charge in [0.1, 0.15) is 11.2 Å². The Kier molecular flexibility index (Phi) is 4.59. The molecule has 0 saturated carbocycles. The van der Waals surface area contributed by atoms with Crippen LogP contribution in [0.4, 0.5) is 17.1 Å². The number of benzene rings is 3. The molecule has 12 heteroatoms. The van der Waals surface area contributed by atoms with Crippen LogP contribution in [0, 0.1) is 20.2 Å². The van der Waals surface area contributed by atoms with Crippen molar-refractivity contribution in [2.45, 2.75) is 22.9 Å². The quantitative estimate of drug-likeness (QED) is 0.232. The van der Waals surface area contributed by atoms with Gasteiger partial charge >= 0.3 is 5.97 Å². The zero-order valence-corrected chi connectivity index (χ0v) is 20.3. The summed E-state index contributed by atoms with van der Waals surface area (Å²) in [6, 6.07) is 16.8. The van der Waals surface area contributed by atoms with Gasteiger partial charge in [-0.3, -0.25) is 34.7 Å². The number of anilines is 1. The lowest BCUT2D eigenvalue weighted by molar-refractivity contribution is -0.385. The normalized spacial score (nSPS) is 28.7. The van der Waals surface area contributed by atoms with E-state index in [4.69, 9.17) is 4.74 Å². The molecule has 1 amide bonds. The highest BCUT2D eigenvalue weighted by Gasteiger charge is 2.81. The van der Waals surface area contributed by atoms with Gasteiger partial charge < -0.3 is 10.1 Å². The van der Waals surface area contributed by atoms with Crippen LogP contribution in [0.25, 0.3) is 0 Å². The highest BCUT2D eigenvalue weighted by Crippen LogP contribution is 2.70. The van der Waals surface area contributed by atoms with Crippen molar-refractivity contribution in [2.75, 3.05) is 16.9 Å². The van der Waals surface area contributed by atoms with Gasteiger partial charge in [-0.25, -0.2) is 0 Å². The van der Waals surface area contributed by atoms with Crippen molar-refractivity contribution >= 4 is 40.7 Å². The summed E-state index contributed by atoms with van der Waals surface area (Å²) in [7, 11) is 0. The van der Waals surface area contributed by atoms with Crippen molar-refractivity contribution in [3.63, 3.8) is 0 Å². The molecule has 4 aliphatic heterocycles. The van der Waals surface area contributed by atoms with Gasteiger partial charge in [-0.2, -0.15) is 0 Å². The highest BCUT2D eigenvalue weighted by molar-refractivity contribution is 7.99. The average molecular weight is 531 g/mol. The summed E-state index contributed by atoms with van der Waals surface area (Å²) in [5, 5.41) is 26.1. The minimum atomic E-state index is -1.64. The third kappa shape index (κ3) is 2.53. The Balaban J connectivity index is 1.59. The van der Waals surface area contributed by atoms with Gasteiger partial charge in [0, 0.05) is 64.7 Å². The molecule has 11 nitrogen and oxygen atoms in total. The van der Waals surface area contributed by atoms with E-state index in [1.807, 2.05) is 4.90 Å². The number of non-ortho nitro benzene ring substituents is 2. The van der Waals surface area contributed by atoms with Crippen LogP contribution in [0.1, 0.15) is 22.6 Å². The first-order chi connectivity index (χ1) is 18.3. The number of fused-ring (bicyclic) bond motifs is 7. The summed E-state index contributed by atoms with van der Waals surface area (Å²) in [6.45, 7) is 0. The largest absolute Gasteiger partial charge is 0.425 e. The van der Waals surface area contributed by atoms with Crippen LogP contribution in [0.3, 0.4) is 0 Å². The fourth-order valence-corrected chi connectivity index (χ4v) is 8.27. The Morgan fingerprint density at radius 3 is 2.39 bits per heavy atom. The van der Waals surface area contributed by atoms with E-state index in [0.717, 1.165) is 0 Å². The van der Waals surface area contributed by atoms with Gasteiger partial charge in [-0.15, -0.1) is 11.8 Å². The Morgan fingerprint density at radius 2 is 1.66 bits per heavy atom. The molecule has 3 aromatic carbocycles. The smallest absolute Gasteiger partial charge is 0.325 e. The molecule has 0 bridgehead atoms. The lowest BCUT2D eigenvalue weighted by atomic mass is 9.57. The number of nitro benzene ring substituents is 2. The number of hydrogen-bond donors (Lipinski definition) is 1. The van der Waals surface area contributed by atoms with Crippen LogP contribution < -0.4 is 10.1 Å². The average Bonchev–Trinajstić information content (AvgIpc) is 3.62. The van der Waals surface area contributed by atoms with Gasteiger partial charge in [0.25, 0.3) is 17.3 Å². The summed E-state index contributed by atoms with van der Waals surface area (Å²) in [4.78, 5) is 52.7. The Morgan fingerprint density at radius 1 is 0.947 bits per heavy atom. The number of hydrogen-bond acceptors (Lipinski definition) is 9. The maximum absolute atomic E-state index is 14.3. The van der Waals surface area contributed by atoms with Crippen molar-refractivity contribution in [2.24, 2.45) is 0 Å². The molecule has 2 spiro atoms. The number of nitro groups is 2. The SMILES string of the molecule is O=C1Oc2ccccc2[C@@]12[C@H](c1ccc([N+](=O)[O-])cc1)[C@H]1CSCN1[C@]21C(=O)Nc2ccc([N+](=O)[O-])cc21. The predicted molar refractivity (Wildman–Crippen MR) is 136 cm³/mol. The standard InChI is InChI=1S/C26H18N4O7S/c31-23-26(18-11-16(30(35)36)9-10-19(18)27-23)25(17-3-1-2-4-21(17)37-24(25)32)22(20-12-38-13-28(20)26)14-5-7-15(8-6-14)29(33)34/h1-11,20,22H,12-13H2,(H,27,31)/t20-,22-,25-,26-/m1/s1. The lowest BCUT2D eigenvalue weighted by Gasteiger charge is -2.42. The van der Waals surface area contributed by atoms with E-state index in [0.29, 0.717) is 39.8 Å². The second kappa shape index (κ2) is 7.62. The van der Waals surface area contributed by atoms with E-state index in [-0.39, 0.29) is 17.4 Å². The monoisotopic (exact) mass is 530 g/mol. The van der Waals surface area contributed by atoms with Crippen molar-refractivity contribution in [1.82, 2.24) is 4.90 Å². The number of thioether (sulfide) groups is 1. The fourth-order valence-electron chi connectivity index (χ4n) is 6.97. The van der Waals surface area contributed by atoms with Crippen molar-refractivity contribution in [3.05, 3.63) is 104 Å². The zero-order chi connectivity index (χ0) is 26.4. The second-order valence-electron chi connectivity index (χ2n) is 9.71. The van der Waals surface area contributed by atoms with Gasteiger partial charge in [0.05, 0.1) is 9.85 Å². The second-order valence-corrected chi connectivity index (χ2v) is 10.7. The fraction of sp³-hybridized carbons (Fsp3) is 0.231. The highest BCUT2D eigenvalue weighted by atomic mass is 32.2. The van der Waals surface area contributed by atoms with Gasteiger partial charge in [-0.1, -0.05) is 30.3 Å². The molecule has 3 aromatic rings. The van der Waals surface area contributed by atoms with Gasteiger partial charge in [0.15, 0.2) is 5.54 Å². The lowest BCUT2D eigenvalue weighted by Crippen LogP contribution is -2.61. The van der Waals surface area contributed by atoms with Crippen molar-refractivity contribution in [1.29, 1.82) is 0 Å². The number of para-hydroxylation sites is 1. The molecule has 4 heterocycles. The minimum Gasteiger partial charge on any atom is -0.425 e. The number of esters is 1. The molecule has 1 N–H and O–H groups in total. The van der Waals surface area contributed by atoms with Crippen LogP contribution in [-0.2, 0) is 20.5 Å². The van der Waals surface area contributed by atoms with E-state index < -0.39 is 38.6 Å². The number of amides is 1. The van der Waals surface area contributed by atoms with E-state index >= 15 is 0 Å². The Hall–Kier alpha value is -4.29. The molecule has 0 unspecified atom stereocenters. The molecule has 2 fully saturated rings. The molecular weight excluding hydrogens is 512 g/mol. The molecule has 0 radical (unpaired) electrons. The van der Waals surface area contributed by atoms with Crippen molar-refractivity contribution < 1.29 is 24.2 Å². The van der Waals surface area contributed by atoms with Gasteiger partial charge in [-0.05, 0) is 17.7 Å². The first kappa shape index (κ1) is 22.9. The molecule has 0 aliphatic carbocycles. The number of carbonyl (C=O) groups is 2. The first-order valence-corrected chi connectivity index (χ1v) is 13.0. The number of rotatable bonds is 3. The van der Waals surface area contributed by atoms with Crippen LogP contribution in [0.5, 0.6) is 5.75 Å². The molecule has 38 heavy (non-hydrogen) atoms. The number of ether oxygens (including phenoxy) is 1. The molecule has 2 saturated heterocycles. The van der Waals surface area contributed by atoms with E-state index in [1.165, 1.54) is 30.3 Å². The molecule has 4 aliphatic rings. The Bertz CT molecular complexity index is 1590. The molecule has 4 atom stereocenters. The van der Waals surface area contributed by atoms with Crippen molar-refractivity contribution in [3.8, 4) is 5.75 Å². The summed E-state index contributed by atoms with van der Waals surface area (Å²) in [6.07, 6.45) is 0. The summed E-state index contributed by atoms with van der Waals surface area (Å²) in [5.74, 6) is -0.414. The summed E-state index contributed by atoms with van der Waals surface area (Å²) >= 11 is 1.60. The molecular formula is C26H18N4O7S. The van der Waals surface area contributed by atoms with Gasteiger partial charge in [0.2, 0.25) is 0 Å². The summed E-state index contributed by atoms with van der Waals surface area (Å²) < 4.78 is 5.86. The van der Waals surface area contributed by atoms with Crippen LogP contribution >= 0.6 is 11.8 Å². The number of nitrogens with one attached hydrogen (secondary N) is 1. The van der Waals surface area contributed by atoms with E-state index in [9.17, 15) is 29.8 Å². The third-order valence-electron chi connectivity index (χ3n) is 8.25. The first-order valence-electron chi connectivity index (χ1n) is 11.8. The number of carbonyl (C=O) groups excluding carboxylic acids is 2. The Labute approximate surface area is 219 Å². The summed E-state index contributed by atoms with van der Waals surface area (Å²) in [5.41, 5.74) is -1.63. The third-order valence-corrected chi connectivity index (χ3v) is 9.29. The minimum absolute atomic E-state index is 0.0952. The molecule has 0 aromatic heterocycles. The van der Waals surface area contributed by atoms with Crippen LogP contribution in [0.15, 0.2) is 66.7 Å². The topological polar surface area (TPSA) is 145 Å².